The molecule has 5 nitrogen and oxygen atoms in total. The Balaban J connectivity index is 1.53. The smallest absolute Gasteiger partial charge is 0.307 e. The zero-order valence-electron chi connectivity index (χ0n) is 16.5. The molecule has 30 heavy (non-hydrogen) atoms. The van der Waals surface area contributed by atoms with Crippen molar-refractivity contribution in [3.8, 4) is 11.4 Å². The molecule has 1 atom stereocenters. The number of esters is 1. The van der Waals surface area contributed by atoms with Gasteiger partial charge in [-0.1, -0.05) is 66.7 Å². The van der Waals surface area contributed by atoms with Crippen molar-refractivity contribution in [2.45, 2.75) is 25.4 Å². The SMILES string of the molecule is CC1(CC(=O)OCc2ccccc2)C(=O)n2c(nc3ccccc32)-c2ccccc21. The van der Waals surface area contributed by atoms with Crippen LogP contribution in [0.4, 0.5) is 0 Å². The zero-order chi connectivity index (χ0) is 20.7. The molecular formula is C25H20N2O3. The summed E-state index contributed by atoms with van der Waals surface area (Å²) in [5.74, 6) is 0.0471. The average Bonchev–Trinajstić information content (AvgIpc) is 3.17. The monoisotopic (exact) mass is 396 g/mol. The minimum absolute atomic E-state index is 0.0401. The first kappa shape index (κ1) is 18.3. The summed E-state index contributed by atoms with van der Waals surface area (Å²) in [7, 11) is 0. The van der Waals surface area contributed by atoms with Gasteiger partial charge in [0, 0.05) is 5.56 Å². The number of carbonyl (C=O) groups is 2. The molecule has 0 amide bonds. The van der Waals surface area contributed by atoms with E-state index in [1.807, 2.05) is 85.8 Å². The minimum atomic E-state index is -1.04. The van der Waals surface area contributed by atoms with E-state index in [9.17, 15) is 9.59 Å². The largest absolute Gasteiger partial charge is 0.461 e. The molecule has 0 aliphatic carbocycles. The lowest BCUT2D eigenvalue weighted by Crippen LogP contribution is -2.42. The Morgan fingerprint density at radius 1 is 0.967 bits per heavy atom. The van der Waals surface area contributed by atoms with E-state index in [-0.39, 0.29) is 18.9 Å². The Hall–Kier alpha value is -3.73. The van der Waals surface area contributed by atoms with Gasteiger partial charge in [-0.15, -0.1) is 0 Å². The summed E-state index contributed by atoms with van der Waals surface area (Å²) in [5.41, 5.74) is 3.04. The van der Waals surface area contributed by atoms with E-state index < -0.39 is 11.4 Å². The van der Waals surface area contributed by atoms with Crippen molar-refractivity contribution in [2.24, 2.45) is 0 Å². The van der Waals surface area contributed by atoms with Crippen LogP contribution >= 0.6 is 0 Å². The Bertz CT molecular complexity index is 1280. The first-order valence-corrected chi connectivity index (χ1v) is 9.90. The summed E-state index contributed by atoms with van der Waals surface area (Å²) in [5, 5.41) is 0. The molecule has 0 fully saturated rings. The van der Waals surface area contributed by atoms with Crippen molar-refractivity contribution in [3.63, 3.8) is 0 Å². The van der Waals surface area contributed by atoms with E-state index in [1.165, 1.54) is 0 Å². The van der Waals surface area contributed by atoms with Gasteiger partial charge in [0.25, 0.3) is 0 Å². The number of aromatic nitrogens is 2. The lowest BCUT2D eigenvalue weighted by molar-refractivity contribution is -0.146. The van der Waals surface area contributed by atoms with Gasteiger partial charge in [0.1, 0.15) is 12.4 Å². The van der Waals surface area contributed by atoms with Gasteiger partial charge in [0.05, 0.1) is 22.9 Å². The van der Waals surface area contributed by atoms with Crippen molar-refractivity contribution in [2.75, 3.05) is 0 Å². The predicted octanol–water partition coefficient (Wildman–Crippen LogP) is 4.75. The highest BCUT2D eigenvalue weighted by Crippen LogP contribution is 2.43. The summed E-state index contributed by atoms with van der Waals surface area (Å²) in [6.45, 7) is 2.00. The summed E-state index contributed by atoms with van der Waals surface area (Å²) in [6.07, 6.45) is -0.0401. The molecule has 0 spiro atoms. The van der Waals surface area contributed by atoms with Crippen LogP contribution in [-0.2, 0) is 21.6 Å². The van der Waals surface area contributed by atoms with Crippen molar-refractivity contribution >= 4 is 22.9 Å². The molecule has 1 aliphatic heterocycles. The molecule has 5 heteroatoms. The number of fused-ring (bicyclic) bond motifs is 5. The maximum absolute atomic E-state index is 13.7. The van der Waals surface area contributed by atoms with E-state index in [4.69, 9.17) is 9.72 Å². The van der Waals surface area contributed by atoms with Crippen molar-refractivity contribution in [1.29, 1.82) is 0 Å². The Kier molecular flexibility index (Phi) is 4.24. The van der Waals surface area contributed by atoms with E-state index in [1.54, 1.807) is 4.57 Å². The Morgan fingerprint density at radius 3 is 2.50 bits per heavy atom. The van der Waals surface area contributed by atoms with Crippen LogP contribution in [0.25, 0.3) is 22.4 Å². The van der Waals surface area contributed by atoms with Crippen molar-refractivity contribution in [3.05, 3.63) is 90.0 Å². The van der Waals surface area contributed by atoms with Crippen LogP contribution in [0.3, 0.4) is 0 Å². The third kappa shape index (κ3) is 2.82. The fraction of sp³-hybridized carbons (Fsp3) is 0.160. The summed E-state index contributed by atoms with van der Waals surface area (Å²) < 4.78 is 7.14. The van der Waals surface area contributed by atoms with Gasteiger partial charge >= 0.3 is 5.97 Å². The third-order valence-electron chi connectivity index (χ3n) is 5.74. The first-order valence-electron chi connectivity index (χ1n) is 9.90. The first-order chi connectivity index (χ1) is 14.6. The van der Waals surface area contributed by atoms with Crippen LogP contribution in [0, 0.1) is 0 Å². The van der Waals surface area contributed by atoms with E-state index in [2.05, 4.69) is 0 Å². The van der Waals surface area contributed by atoms with Crippen LogP contribution in [0.5, 0.6) is 0 Å². The maximum atomic E-state index is 13.7. The zero-order valence-corrected chi connectivity index (χ0v) is 16.5. The second kappa shape index (κ2) is 6.95. The lowest BCUT2D eigenvalue weighted by Gasteiger charge is -2.34. The molecule has 4 aromatic rings. The van der Waals surface area contributed by atoms with Crippen LogP contribution in [0.1, 0.15) is 29.3 Å². The molecule has 3 aromatic carbocycles. The van der Waals surface area contributed by atoms with Gasteiger partial charge in [-0.25, -0.2) is 4.98 Å². The molecule has 2 heterocycles. The second-order valence-electron chi connectivity index (χ2n) is 7.77. The molecule has 0 saturated heterocycles. The highest BCUT2D eigenvalue weighted by molar-refractivity contribution is 6.05. The molecule has 1 unspecified atom stereocenters. The van der Waals surface area contributed by atoms with E-state index in [0.717, 1.165) is 27.7 Å². The number of ether oxygens (including phenoxy) is 1. The van der Waals surface area contributed by atoms with E-state index in [0.29, 0.717) is 5.82 Å². The van der Waals surface area contributed by atoms with Crippen LogP contribution < -0.4 is 0 Å². The topological polar surface area (TPSA) is 61.2 Å². The number of para-hydroxylation sites is 2. The number of carbonyl (C=O) groups excluding carboxylic acids is 2. The Labute approximate surface area is 173 Å². The molecule has 0 radical (unpaired) electrons. The van der Waals surface area contributed by atoms with Gasteiger partial charge in [-0.2, -0.15) is 0 Å². The van der Waals surface area contributed by atoms with Gasteiger partial charge < -0.3 is 4.74 Å². The fourth-order valence-corrected chi connectivity index (χ4v) is 4.18. The number of hydrogen-bond acceptors (Lipinski definition) is 4. The van der Waals surface area contributed by atoms with Gasteiger partial charge in [0.15, 0.2) is 0 Å². The van der Waals surface area contributed by atoms with Gasteiger partial charge in [-0.3, -0.25) is 14.2 Å². The van der Waals surface area contributed by atoms with Crippen molar-refractivity contribution in [1.82, 2.24) is 9.55 Å². The molecule has 0 saturated carbocycles. The number of benzene rings is 3. The summed E-state index contributed by atoms with van der Waals surface area (Å²) in [6, 6.07) is 24.7. The summed E-state index contributed by atoms with van der Waals surface area (Å²) in [4.78, 5) is 31.2. The molecule has 1 aromatic heterocycles. The molecule has 148 valence electrons. The normalized spacial score (nSPS) is 17.4. The standard InChI is InChI=1S/C25H20N2O3/c1-25(15-22(28)30-16-17-9-3-2-4-10-17)19-12-6-5-11-18(19)23-26-20-13-7-8-14-21(20)27(23)24(25)29/h2-14H,15-16H2,1H3. The molecule has 1 aliphatic rings. The summed E-state index contributed by atoms with van der Waals surface area (Å²) >= 11 is 0. The number of imidazole rings is 1. The third-order valence-corrected chi connectivity index (χ3v) is 5.74. The minimum Gasteiger partial charge on any atom is -0.461 e. The van der Waals surface area contributed by atoms with Crippen LogP contribution in [0.15, 0.2) is 78.9 Å². The highest BCUT2D eigenvalue weighted by atomic mass is 16.5. The fourth-order valence-electron chi connectivity index (χ4n) is 4.18. The predicted molar refractivity (Wildman–Crippen MR) is 114 cm³/mol. The van der Waals surface area contributed by atoms with Crippen molar-refractivity contribution < 1.29 is 14.3 Å². The molecule has 0 N–H and O–H groups in total. The number of rotatable bonds is 4. The van der Waals surface area contributed by atoms with Crippen LogP contribution in [-0.4, -0.2) is 21.4 Å². The lowest BCUT2D eigenvalue weighted by atomic mass is 9.74. The maximum Gasteiger partial charge on any atom is 0.307 e. The highest BCUT2D eigenvalue weighted by Gasteiger charge is 2.45. The molecular weight excluding hydrogens is 376 g/mol. The quantitative estimate of drug-likeness (QED) is 0.467. The Morgan fingerprint density at radius 2 is 1.67 bits per heavy atom. The number of nitrogens with zero attached hydrogens (tertiary/aromatic N) is 2. The molecule has 5 rings (SSSR count). The van der Waals surface area contributed by atoms with Gasteiger partial charge in [0.2, 0.25) is 5.91 Å². The number of hydrogen-bond donors (Lipinski definition) is 0. The van der Waals surface area contributed by atoms with Gasteiger partial charge in [-0.05, 0) is 30.2 Å². The molecule has 0 bridgehead atoms. The van der Waals surface area contributed by atoms with E-state index >= 15 is 0 Å². The average molecular weight is 396 g/mol. The van der Waals surface area contributed by atoms with Crippen LogP contribution in [0.2, 0.25) is 0 Å². The second-order valence-corrected chi connectivity index (χ2v) is 7.77.